The molecule has 0 fully saturated rings. The second-order valence-corrected chi connectivity index (χ2v) is 6.98. The second kappa shape index (κ2) is 5.37. The van der Waals surface area contributed by atoms with Crippen LogP contribution in [-0.2, 0) is 0 Å². The maximum Gasteiger partial charge on any atom is 0.212 e. The lowest BCUT2D eigenvalue weighted by molar-refractivity contribution is 0.103. The molecule has 1 aromatic heterocycles. The summed E-state index contributed by atoms with van der Waals surface area (Å²) in [6, 6.07) is 22.5. The minimum Gasteiger partial charge on any atom is -0.287 e. The number of nitrogens with zero attached hydrogens (tertiary/aromatic N) is 1. The quantitative estimate of drug-likeness (QED) is 0.391. The van der Waals surface area contributed by atoms with E-state index < -0.39 is 0 Å². The average molecular weight is 335 g/mol. The van der Waals surface area contributed by atoms with Gasteiger partial charge >= 0.3 is 0 Å². The number of carbonyl (C=O) groups excluding carboxylic acids is 1. The maximum atomic E-state index is 13.0. The number of aryl methyl sites for hydroxylation is 2. The molecule has 2 nitrogen and oxygen atoms in total. The van der Waals surface area contributed by atoms with Crippen LogP contribution in [-0.4, -0.2) is 10.8 Å². The van der Waals surface area contributed by atoms with E-state index in [-0.39, 0.29) is 5.78 Å². The number of ketones is 1. The maximum absolute atomic E-state index is 13.0. The molecule has 4 aromatic rings. The van der Waals surface area contributed by atoms with Crippen molar-refractivity contribution in [2.75, 3.05) is 0 Å². The van der Waals surface area contributed by atoms with Crippen LogP contribution in [0.25, 0.3) is 33.2 Å². The van der Waals surface area contributed by atoms with Crippen molar-refractivity contribution in [3.8, 4) is 22.4 Å². The molecular weight excluding hydrogens is 318 g/mol. The van der Waals surface area contributed by atoms with Crippen molar-refractivity contribution in [1.82, 2.24) is 4.98 Å². The first-order valence-corrected chi connectivity index (χ1v) is 8.79. The monoisotopic (exact) mass is 335 g/mol. The molecule has 0 bridgehead atoms. The van der Waals surface area contributed by atoms with Crippen molar-refractivity contribution in [3.05, 3.63) is 89.1 Å². The summed E-state index contributed by atoms with van der Waals surface area (Å²) in [5.74, 6) is 0.0204. The van der Waals surface area contributed by atoms with Crippen LogP contribution in [0.3, 0.4) is 0 Å². The van der Waals surface area contributed by atoms with Gasteiger partial charge in [-0.05, 0) is 36.9 Å². The van der Waals surface area contributed by atoms with Crippen molar-refractivity contribution in [2.45, 2.75) is 13.8 Å². The number of rotatable bonds is 1. The van der Waals surface area contributed by atoms with Crippen LogP contribution in [0.15, 0.2) is 66.7 Å². The van der Waals surface area contributed by atoms with Crippen LogP contribution in [0, 0.1) is 13.8 Å². The van der Waals surface area contributed by atoms with Crippen LogP contribution in [0.5, 0.6) is 0 Å². The predicted octanol–water partition coefficient (Wildman–Crippen LogP) is 5.73. The summed E-state index contributed by atoms with van der Waals surface area (Å²) < 4.78 is 0. The Balaban J connectivity index is 1.91. The molecule has 0 saturated carbocycles. The van der Waals surface area contributed by atoms with Crippen LogP contribution >= 0.6 is 0 Å². The van der Waals surface area contributed by atoms with E-state index in [0.29, 0.717) is 5.69 Å². The molecule has 124 valence electrons. The van der Waals surface area contributed by atoms with Gasteiger partial charge in [-0.25, -0.2) is 4.98 Å². The molecule has 26 heavy (non-hydrogen) atoms. The van der Waals surface area contributed by atoms with Gasteiger partial charge in [-0.15, -0.1) is 0 Å². The minimum absolute atomic E-state index is 0.0204. The number of aromatic nitrogens is 1. The van der Waals surface area contributed by atoms with Crippen LogP contribution in [0.2, 0.25) is 0 Å². The van der Waals surface area contributed by atoms with E-state index in [1.807, 2.05) is 36.4 Å². The molecule has 1 aliphatic rings. The Morgan fingerprint density at radius 3 is 2.04 bits per heavy atom. The molecule has 1 aliphatic carbocycles. The first-order chi connectivity index (χ1) is 12.6. The molecule has 0 N–H and O–H groups in total. The summed E-state index contributed by atoms with van der Waals surface area (Å²) in [5.41, 5.74) is 7.61. The van der Waals surface area contributed by atoms with E-state index in [1.165, 1.54) is 11.1 Å². The standard InChI is InChI=1S/C24H17NO/c1-14-11-15(2)13-16(12-14)22-19-9-5-3-7-17(19)21-18-8-4-6-10-20(18)24(26)23(21)25-22/h3-13H,1-2H3. The Bertz CT molecular complexity index is 1200. The Morgan fingerprint density at radius 1 is 0.692 bits per heavy atom. The molecule has 0 spiro atoms. The normalized spacial score (nSPS) is 12.3. The van der Waals surface area contributed by atoms with Gasteiger partial charge in [-0.3, -0.25) is 4.79 Å². The zero-order chi connectivity index (χ0) is 17.8. The number of pyridine rings is 1. The van der Waals surface area contributed by atoms with Crippen LogP contribution in [0.4, 0.5) is 0 Å². The summed E-state index contributed by atoms with van der Waals surface area (Å²) in [6.07, 6.45) is 0. The molecular formula is C24H17NO. The lowest BCUT2D eigenvalue weighted by Crippen LogP contribution is -2.01. The Kier molecular flexibility index (Phi) is 3.10. The Labute approximate surface area is 152 Å². The lowest BCUT2D eigenvalue weighted by Gasteiger charge is -2.12. The zero-order valence-corrected chi connectivity index (χ0v) is 14.7. The van der Waals surface area contributed by atoms with Crippen molar-refractivity contribution in [2.24, 2.45) is 0 Å². The van der Waals surface area contributed by atoms with Crippen LogP contribution in [0.1, 0.15) is 27.2 Å². The molecule has 2 heteroatoms. The predicted molar refractivity (Wildman–Crippen MR) is 106 cm³/mol. The fourth-order valence-electron chi connectivity index (χ4n) is 4.06. The summed E-state index contributed by atoms with van der Waals surface area (Å²) in [7, 11) is 0. The van der Waals surface area contributed by atoms with E-state index in [4.69, 9.17) is 4.98 Å². The van der Waals surface area contributed by atoms with Gasteiger partial charge in [0, 0.05) is 22.1 Å². The largest absolute Gasteiger partial charge is 0.287 e. The third-order valence-corrected chi connectivity index (χ3v) is 5.06. The van der Waals surface area contributed by atoms with Gasteiger partial charge in [0.25, 0.3) is 0 Å². The fourth-order valence-corrected chi connectivity index (χ4v) is 4.06. The number of hydrogen-bond acceptors (Lipinski definition) is 2. The number of hydrogen-bond donors (Lipinski definition) is 0. The fraction of sp³-hybridized carbons (Fsp3) is 0.0833. The topological polar surface area (TPSA) is 30.0 Å². The number of carbonyl (C=O) groups is 1. The first-order valence-electron chi connectivity index (χ1n) is 8.79. The zero-order valence-electron chi connectivity index (χ0n) is 14.7. The molecule has 0 saturated heterocycles. The van der Waals surface area contributed by atoms with E-state index in [1.54, 1.807) is 0 Å². The summed E-state index contributed by atoms with van der Waals surface area (Å²) >= 11 is 0. The van der Waals surface area contributed by atoms with Crippen molar-refractivity contribution in [3.63, 3.8) is 0 Å². The first kappa shape index (κ1) is 15.0. The highest BCUT2D eigenvalue weighted by Crippen LogP contribution is 2.43. The van der Waals surface area contributed by atoms with E-state index in [9.17, 15) is 4.79 Å². The highest BCUT2D eigenvalue weighted by Gasteiger charge is 2.30. The third kappa shape index (κ3) is 2.05. The lowest BCUT2D eigenvalue weighted by atomic mass is 9.95. The highest BCUT2D eigenvalue weighted by molar-refractivity contribution is 6.25. The smallest absolute Gasteiger partial charge is 0.212 e. The molecule has 0 radical (unpaired) electrons. The SMILES string of the molecule is Cc1cc(C)cc(-c2nc3c(c4ccccc24)-c2ccccc2C3=O)c1. The summed E-state index contributed by atoms with van der Waals surface area (Å²) in [4.78, 5) is 17.9. The number of fused-ring (bicyclic) bond motifs is 5. The van der Waals surface area contributed by atoms with Gasteiger partial charge in [-0.2, -0.15) is 0 Å². The second-order valence-electron chi connectivity index (χ2n) is 6.98. The van der Waals surface area contributed by atoms with Gasteiger partial charge in [0.05, 0.1) is 5.69 Å². The van der Waals surface area contributed by atoms with Crippen molar-refractivity contribution in [1.29, 1.82) is 0 Å². The Hall–Kier alpha value is -3.26. The van der Waals surface area contributed by atoms with Crippen LogP contribution < -0.4 is 0 Å². The molecule has 1 heterocycles. The van der Waals surface area contributed by atoms with Crippen molar-refractivity contribution >= 4 is 16.6 Å². The molecule has 0 atom stereocenters. The van der Waals surface area contributed by atoms with Gasteiger partial charge in [-0.1, -0.05) is 65.7 Å². The van der Waals surface area contributed by atoms with Crippen molar-refractivity contribution < 1.29 is 4.79 Å². The van der Waals surface area contributed by atoms with Gasteiger partial charge in [0.15, 0.2) is 0 Å². The number of benzene rings is 3. The third-order valence-electron chi connectivity index (χ3n) is 5.06. The molecule has 5 rings (SSSR count). The Morgan fingerprint density at radius 2 is 1.31 bits per heavy atom. The molecule has 3 aromatic carbocycles. The molecule has 0 unspecified atom stereocenters. The van der Waals surface area contributed by atoms with E-state index in [2.05, 4.69) is 44.2 Å². The minimum atomic E-state index is 0.0204. The van der Waals surface area contributed by atoms with E-state index >= 15 is 0 Å². The molecule has 0 amide bonds. The summed E-state index contributed by atoms with van der Waals surface area (Å²) in [5, 5.41) is 2.17. The summed E-state index contributed by atoms with van der Waals surface area (Å²) in [6.45, 7) is 4.18. The van der Waals surface area contributed by atoms with Gasteiger partial charge in [0.2, 0.25) is 5.78 Å². The van der Waals surface area contributed by atoms with Gasteiger partial charge in [0.1, 0.15) is 5.69 Å². The highest BCUT2D eigenvalue weighted by atomic mass is 16.1. The van der Waals surface area contributed by atoms with Gasteiger partial charge < -0.3 is 0 Å². The van der Waals surface area contributed by atoms with E-state index in [0.717, 1.165) is 38.7 Å². The molecule has 0 aliphatic heterocycles. The average Bonchev–Trinajstić information content (AvgIpc) is 2.93.